The van der Waals surface area contributed by atoms with Crippen LogP contribution in [0.2, 0.25) is 0 Å². The average Bonchev–Trinajstić information content (AvgIpc) is 2.89. The highest BCUT2D eigenvalue weighted by Crippen LogP contribution is 2.21. The summed E-state index contributed by atoms with van der Waals surface area (Å²) in [6.45, 7) is 2.92. The first kappa shape index (κ1) is 11.0. The molecule has 0 aliphatic carbocycles. The van der Waals surface area contributed by atoms with Gasteiger partial charge in [-0.1, -0.05) is 0 Å². The lowest BCUT2D eigenvalue weighted by Crippen LogP contribution is -2.36. The fourth-order valence-electron chi connectivity index (χ4n) is 1.81. The van der Waals surface area contributed by atoms with Crippen molar-refractivity contribution in [1.29, 1.82) is 0 Å². The fourth-order valence-corrected chi connectivity index (χ4v) is 1.81. The summed E-state index contributed by atoms with van der Waals surface area (Å²) < 4.78 is 10.5. The molecule has 0 amide bonds. The first-order valence-electron chi connectivity index (χ1n) is 5.71. The van der Waals surface area contributed by atoms with E-state index >= 15 is 0 Å². The number of nitrogens with zero attached hydrogens (tertiary/aromatic N) is 4. The van der Waals surface area contributed by atoms with Gasteiger partial charge in [0.25, 0.3) is 11.8 Å². The molecule has 0 spiro atoms. The van der Waals surface area contributed by atoms with Crippen molar-refractivity contribution in [1.82, 2.24) is 15.1 Å². The van der Waals surface area contributed by atoms with Crippen LogP contribution in [0, 0.1) is 0 Å². The predicted octanol–water partition coefficient (Wildman–Crippen LogP) is 0.550. The monoisotopic (exact) mass is 247 g/mol. The van der Waals surface area contributed by atoms with Crippen molar-refractivity contribution in [2.75, 3.05) is 36.9 Å². The largest absolute Gasteiger partial charge is 0.384 e. The minimum Gasteiger partial charge on any atom is -0.384 e. The van der Waals surface area contributed by atoms with Crippen LogP contribution in [-0.4, -0.2) is 41.4 Å². The van der Waals surface area contributed by atoms with Crippen molar-refractivity contribution in [2.45, 2.75) is 0 Å². The van der Waals surface area contributed by atoms with E-state index < -0.39 is 0 Å². The molecule has 1 aliphatic rings. The zero-order valence-electron chi connectivity index (χ0n) is 9.74. The van der Waals surface area contributed by atoms with E-state index in [1.807, 2.05) is 4.90 Å². The molecule has 0 radical (unpaired) electrons. The number of pyridine rings is 1. The molecule has 1 saturated heterocycles. The number of hydrogen-bond donors (Lipinski definition) is 1. The quantitative estimate of drug-likeness (QED) is 0.828. The topological polar surface area (TPSA) is 90.3 Å². The van der Waals surface area contributed by atoms with Crippen LogP contribution in [0.25, 0.3) is 11.5 Å². The maximum absolute atomic E-state index is 5.62. The molecule has 1 aliphatic heterocycles. The van der Waals surface area contributed by atoms with Crippen LogP contribution in [0.15, 0.2) is 22.9 Å². The number of morpholine rings is 1. The summed E-state index contributed by atoms with van der Waals surface area (Å²) in [5.41, 5.74) is 6.39. The Bertz CT molecular complexity index is 536. The second-order valence-electron chi connectivity index (χ2n) is 3.97. The zero-order chi connectivity index (χ0) is 12.4. The summed E-state index contributed by atoms with van der Waals surface area (Å²) in [7, 11) is 0. The Morgan fingerprint density at radius 1 is 1.28 bits per heavy atom. The van der Waals surface area contributed by atoms with Gasteiger partial charge in [-0.3, -0.25) is 0 Å². The van der Waals surface area contributed by atoms with Crippen molar-refractivity contribution in [2.24, 2.45) is 0 Å². The maximum Gasteiger partial charge on any atom is 0.266 e. The molecule has 7 nitrogen and oxygen atoms in total. The molecule has 2 aromatic rings. The van der Waals surface area contributed by atoms with Gasteiger partial charge >= 0.3 is 0 Å². The normalized spacial score (nSPS) is 15.9. The number of nitrogens with two attached hydrogens (primary N) is 1. The van der Waals surface area contributed by atoms with Crippen LogP contribution < -0.4 is 10.6 Å². The number of anilines is 2. The SMILES string of the molecule is Nc1cc(-c2nc(N3CCOCC3)no2)ccn1. The number of nitrogen functional groups attached to an aromatic ring is 1. The van der Waals surface area contributed by atoms with Crippen molar-refractivity contribution in [3.8, 4) is 11.5 Å². The minimum absolute atomic E-state index is 0.429. The lowest BCUT2D eigenvalue weighted by Gasteiger charge is -2.24. The van der Waals surface area contributed by atoms with E-state index in [1.54, 1.807) is 18.3 Å². The zero-order valence-corrected chi connectivity index (χ0v) is 9.74. The minimum atomic E-state index is 0.429. The van der Waals surface area contributed by atoms with Gasteiger partial charge in [-0.05, 0) is 17.3 Å². The molecule has 2 aromatic heterocycles. The van der Waals surface area contributed by atoms with E-state index in [0.717, 1.165) is 18.7 Å². The molecule has 0 bridgehead atoms. The molecule has 0 aromatic carbocycles. The van der Waals surface area contributed by atoms with Crippen molar-refractivity contribution in [3.05, 3.63) is 18.3 Å². The molecule has 7 heteroatoms. The predicted molar refractivity (Wildman–Crippen MR) is 65.0 cm³/mol. The van der Waals surface area contributed by atoms with E-state index in [4.69, 9.17) is 15.0 Å². The van der Waals surface area contributed by atoms with Crippen LogP contribution in [0.1, 0.15) is 0 Å². The van der Waals surface area contributed by atoms with E-state index in [9.17, 15) is 0 Å². The summed E-state index contributed by atoms with van der Waals surface area (Å²) in [6.07, 6.45) is 1.61. The Balaban J connectivity index is 1.84. The smallest absolute Gasteiger partial charge is 0.266 e. The molecular weight excluding hydrogens is 234 g/mol. The molecule has 0 saturated carbocycles. The number of rotatable bonds is 2. The summed E-state index contributed by atoms with van der Waals surface area (Å²) >= 11 is 0. The van der Waals surface area contributed by atoms with E-state index in [2.05, 4.69) is 15.1 Å². The standard InChI is InChI=1S/C11H13N5O2/c12-9-7-8(1-2-13-9)10-14-11(15-18-10)16-3-5-17-6-4-16/h1-2,7H,3-6H2,(H2,12,13). The third kappa shape index (κ3) is 2.12. The second kappa shape index (κ2) is 4.61. The van der Waals surface area contributed by atoms with Crippen LogP contribution in [0.3, 0.4) is 0 Å². The second-order valence-corrected chi connectivity index (χ2v) is 3.97. The molecular formula is C11H13N5O2. The molecule has 1 fully saturated rings. The molecule has 18 heavy (non-hydrogen) atoms. The Morgan fingerprint density at radius 2 is 2.11 bits per heavy atom. The van der Waals surface area contributed by atoms with Crippen LogP contribution in [0.5, 0.6) is 0 Å². The third-order valence-corrected chi connectivity index (χ3v) is 2.74. The van der Waals surface area contributed by atoms with Gasteiger partial charge in [-0.25, -0.2) is 4.98 Å². The van der Waals surface area contributed by atoms with E-state index in [0.29, 0.717) is 30.9 Å². The highest BCUT2D eigenvalue weighted by molar-refractivity contribution is 5.57. The van der Waals surface area contributed by atoms with E-state index in [1.165, 1.54) is 0 Å². The van der Waals surface area contributed by atoms with Gasteiger partial charge in [0.15, 0.2) is 0 Å². The Kier molecular flexibility index (Phi) is 2.81. The summed E-state index contributed by atoms with van der Waals surface area (Å²) in [4.78, 5) is 10.3. The van der Waals surface area contributed by atoms with Crippen LogP contribution in [0.4, 0.5) is 11.8 Å². The molecule has 3 heterocycles. The van der Waals surface area contributed by atoms with Gasteiger partial charge in [-0.15, -0.1) is 0 Å². The number of hydrogen-bond acceptors (Lipinski definition) is 7. The summed E-state index contributed by atoms with van der Waals surface area (Å²) in [6, 6.07) is 3.49. The lowest BCUT2D eigenvalue weighted by atomic mass is 10.2. The van der Waals surface area contributed by atoms with Gasteiger partial charge in [0, 0.05) is 24.8 Å². The Hall–Kier alpha value is -2.15. The van der Waals surface area contributed by atoms with Gasteiger partial charge < -0.3 is 19.9 Å². The first-order valence-corrected chi connectivity index (χ1v) is 5.71. The molecule has 0 atom stereocenters. The maximum atomic E-state index is 5.62. The van der Waals surface area contributed by atoms with Crippen molar-refractivity contribution < 1.29 is 9.26 Å². The Labute approximate surface area is 104 Å². The summed E-state index contributed by atoms with van der Waals surface area (Å²) in [5, 5.41) is 3.97. The lowest BCUT2D eigenvalue weighted by molar-refractivity contribution is 0.121. The van der Waals surface area contributed by atoms with Crippen LogP contribution in [-0.2, 0) is 4.74 Å². The molecule has 2 N–H and O–H groups in total. The fraction of sp³-hybridized carbons (Fsp3) is 0.364. The van der Waals surface area contributed by atoms with Crippen molar-refractivity contribution in [3.63, 3.8) is 0 Å². The van der Waals surface area contributed by atoms with E-state index in [-0.39, 0.29) is 0 Å². The van der Waals surface area contributed by atoms with Gasteiger partial charge in [0.05, 0.1) is 13.2 Å². The van der Waals surface area contributed by atoms with Gasteiger partial charge in [-0.2, -0.15) is 4.98 Å². The van der Waals surface area contributed by atoms with Gasteiger partial charge in [0.1, 0.15) is 5.82 Å². The van der Waals surface area contributed by atoms with Gasteiger partial charge in [0.2, 0.25) is 0 Å². The first-order chi connectivity index (χ1) is 8.83. The van der Waals surface area contributed by atoms with Crippen LogP contribution >= 0.6 is 0 Å². The molecule has 94 valence electrons. The summed E-state index contributed by atoms with van der Waals surface area (Å²) in [5.74, 6) is 1.47. The Morgan fingerprint density at radius 3 is 2.89 bits per heavy atom. The number of aromatic nitrogens is 3. The highest BCUT2D eigenvalue weighted by atomic mass is 16.5. The average molecular weight is 247 g/mol. The molecule has 0 unspecified atom stereocenters. The molecule has 3 rings (SSSR count). The highest BCUT2D eigenvalue weighted by Gasteiger charge is 2.17. The third-order valence-electron chi connectivity index (χ3n) is 2.74. The number of ether oxygens (including phenoxy) is 1. The van der Waals surface area contributed by atoms with Crippen molar-refractivity contribution >= 4 is 11.8 Å².